The zero-order chi connectivity index (χ0) is 19.2. The Morgan fingerprint density at radius 3 is 1.43 bits per heavy atom. The van der Waals surface area contributed by atoms with Gasteiger partial charge in [0.05, 0.1) is 23.7 Å². The fraction of sp³-hybridized carbons (Fsp3) is 0.762. The lowest BCUT2D eigenvalue weighted by Crippen LogP contribution is -2.48. The number of carbonyl (C=O) groups excluding carboxylic acids is 5. The van der Waals surface area contributed by atoms with Crippen molar-refractivity contribution >= 4 is 29.7 Å². The minimum atomic E-state index is -0.554. The Morgan fingerprint density at radius 1 is 0.607 bits per heavy atom. The number of hydrogen-bond donors (Lipinski definition) is 0. The lowest BCUT2D eigenvalue weighted by Gasteiger charge is -2.41. The van der Waals surface area contributed by atoms with Gasteiger partial charge in [-0.15, -0.1) is 0 Å². The first-order valence-corrected chi connectivity index (χ1v) is 10.4. The third-order valence-corrected chi connectivity index (χ3v) is 9.85. The maximum absolute atomic E-state index is 14.0. The van der Waals surface area contributed by atoms with E-state index in [2.05, 4.69) is 0 Å². The van der Waals surface area contributed by atoms with Gasteiger partial charge in [0.1, 0.15) is 5.78 Å². The van der Waals surface area contributed by atoms with Gasteiger partial charge in [-0.25, -0.2) is 0 Å². The zero-order valence-electron chi connectivity index (χ0n) is 15.2. The number of carbonyl (C=O) groups is 5. The monoisotopic (exact) mass is 384 g/mol. The van der Waals surface area contributed by atoms with Crippen LogP contribution in [0.5, 0.6) is 0 Å². The standard InChI is InChI=1S/C21H20O7/c22-15-11-7-3-9(13(11)17(24)27-15)20(5-7)1-2-21(19(20)26)6-8-4-10(21)14-12(8)16(23)28-18(14)25/h7-14H,1-6H2/t7-,8+,9-,10+,11-,12?,13+,14-,20-,21+/m0/s1. The second-order valence-corrected chi connectivity index (χ2v) is 10.3. The summed E-state index contributed by atoms with van der Waals surface area (Å²) in [4.78, 5) is 62.8. The van der Waals surface area contributed by atoms with Crippen LogP contribution < -0.4 is 0 Å². The molecular formula is C21H20O7. The number of fused-ring (bicyclic) bond motifs is 12. The van der Waals surface area contributed by atoms with Crippen molar-refractivity contribution < 1.29 is 33.4 Å². The SMILES string of the molecule is O=C1OC(=O)[C@@H]2C1[C@@H]1C[C@H]2[C@@]2(CC[C@@]3(C[C@@H]4C[C@H]3[C@H]3C(=O)OC(=O)[C@@H]43)C2=O)C1. The molecule has 4 bridgehead atoms. The average molecular weight is 384 g/mol. The Hall–Kier alpha value is -2.05. The minimum absolute atomic E-state index is 0.0532. The molecule has 7 fully saturated rings. The van der Waals surface area contributed by atoms with Crippen LogP contribution in [-0.2, 0) is 33.4 Å². The molecule has 146 valence electrons. The molecule has 0 radical (unpaired) electrons. The highest BCUT2D eigenvalue weighted by Crippen LogP contribution is 2.75. The second-order valence-electron chi connectivity index (χ2n) is 10.3. The predicted octanol–water partition coefficient (Wildman–Crippen LogP) is 1.03. The molecule has 2 aliphatic heterocycles. The van der Waals surface area contributed by atoms with Crippen molar-refractivity contribution in [3.63, 3.8) is 0 Å². The number of Topliss-reactive ketones (excluding diaryl/α,β-unsaturated/α-hetero) is 1. The van der Waals surface area contributed by atoms with Gasteiger partial charge in [-0.3, -0.25) is 24.0 Å². The Morgan fingerprint density at radius 2 is 1.00 bits per heavy atom. The van der Waals surface area contributed by atoms with Crippen LogP contribution in [0.1, 0.15) is 38.5 Å². The van der Waals surface area contributed by atoms with E-state index in [4.69, 9.17) is 9.47 Å². The summed E-state index contributed by atoms with van der Waals surface area (Å²) < 4.78 is 9.82. The molecule has 10 atom stereocenters. The lowest BCUT2D eigenvalue weighted by atomic mass is 9.58. The van der Waals surface area contributed by atoms with Crippen LogP contribution in [0.4, 0.5) is 0 Å². The lowest BCUT2D eigenvalue weighted by molar-refractivity contribution is -0.156. The van der Waals surface area contributed by atoms with Crippen molar-refractivity contribution in [1.82, 2.24) is 0 Å². The van der Waals surface area contributed by atoms with Gasteiger partial charge in [0, 0.05) is 10.8 Å². The van der Waals surface area contributed by atoms with E-state index in [1.807, 2.05) is 0 Å². The van der Waals surface area contributed by atoms with Gasteiger partial charge >= 0.3 is 23.9 Å². The van der Waals surface area contributed by atoms with E-state index >= 15 is 0 Å². The van der Waals surface area contributed by atoms with Gasteiger partial charge in [0.15, 0.2) is 0 Å². The van der Waals surface area contributed by atoms with Crippen LogP contribution in [0.3, 0.4) is 0 Å². The Kier molecular flexibility index (Phi) is 2.49. The van der Waals surface area contributed by atoms with E-state index in [0.717, 1.165) is 25.7 Å². The Balaban J connectivity index is 1.27. The van der Waals surface area contributed by atoms with Crippen LogP contribution in [0.2, 0.25) is 0 Å². The molecule has 7 aliphatic rings. The van der Waals surface area contributed by atoms with Gasteiger partial charge in [0.2, 0.25) is 0 Å². The summed E-state index contributed by atoms with van der Waals surface area (Å²) in [5.41, 5.74) is -1.11. The zero-order valence-corrected chi connectivity index (χ0v) is 15.2. The van der Waals surface area contributed by atoms with E-state index < -0.39 is 46.5 Å². The summed E-state index contributed by atoms with van der Waals surface area (Å²) in [6.45, 7) is 0. The maximum Gasteiger partial charge on any atom is 0.317 e. The quantitative estimate of drug-likeness (QED) is 0.454. The van der Waals surface area contributed by atoms with E-state index in [1.165, 1.54) is 0 Å². The van der Waals surface area contributed by atoms with Crippen molar-refractivity contribution in [2.45, 2.75) is 38.5 Å². The van der Waals surface area contributed by atoms with E-state index in [-0.39, 0.29) is 41.3 Å². The highest BCUT2D eigenvalue weighted by atomic mass is 16.6. The van der Waals surface area contributed by atoms with Crippen LogP contribution >= 0.6 is 0 Å². The van der Waals surface area contributed by atoms with Crippen molar-refractivity contribution in [2.24, 2.45) is 58.2 Å². The third-order valence-electron chi connectivity index (χ3n) is 9.85. The van der Waals surface area contributed by atoms with Crippen LogP contribution in [0.25, 0.3) is 0 Å². The number of ketones is 1. The summed E-state index contributed by atoms with van der Waals surface area (Å²) in [7, 11) is 0. The van der Waals surface area contributed by atoms with Crippen LogP contribution in [0, 0.1) is 58.2 Å². The molecule has 7 nitrogen and oxygen atoms in total. The largest absolute Gasteiger partial charge is 0.393 e. The maximum atomic E-state index is 14.0. The van der Waals surface area contributed by atoms with E-state index in [9.17, 15) is 24.0 Å². The first kappa shape index (κ1) is 15.8. The predicted molar refractivity (Wildman–Crippen MR) is 87.7 cm³/mol. The molecule has 2 saturated heterocycles. The molecule has 0 N–H and O–H groups in total. The fourth-order valence-electron chi connectivity index (χ4n) is 9.16. The molecule has 2 heterocycles. The van der Waals surface area contributed by atoms with Gasteiger partial charge in [-0.2, -0.15) is 0 Å². The summed E-state index contributed by atoms with van der Waals surface area (Å²) in [6, 6.07) is 0. The Labute approximate surface area is 160 Å². The topological polar surface area (TPSA) is 104 Å². The summed E-state index contributed by atoms with van der Waals surface area (Å²) in [5, 5.41) is 0. The molecule has 2 spiro atoms. The molecule has 1 unspecified atom stereocenters. The number of esters is 4. The van der Waals surface area contributed by atoms with Crippen LogP contribution in [-0.4, -0.2) is 29.7 Å². The van der Waals surface area contributed by atoms with Crippen molar-refractivity contribution in [1.29, 1.82) is 0 Å². The molecule has 0 aromatic rings. The second kappa shape index (κ2) is 4.41. The summed E-state index contributed by atoms with van der Waals surface area (Å²) in [6.07, 6.45) is 4.27. The van der Waals surface area contributed by atoms with Crippen molar-refractivity contribution in [3.05, 3.63) is 0 Å². The average Bonchev–Trinajstić information content (AvgIpc) is 3.46. The van der Waals surface area contributed by atoms with Gasteiger partial charge in [-0.05, 0) is 62.2 Å². The van der Waals surface area contributed by atoms with Crippen LogP contribution in [0.15, 0.2) is 0 Å². The van der Waals surface area contributed by atoms with Gasteiger partial charge in [0.25, 0.3) is 0 Å². The van der Waals surface area contributed by atoms with E-state index in [1.54, 1.807) is 0 Å². The van der Waals surface area contributed by atoms with Gasteiger partial charge < -0.3 is 9.47 Å². The number of cyclic esters (lactones) is 4. The highest BCUT2D eigenvalue weighted by Gasteiger charge is 2.78. The fourth-order valence-corrected chi connectivity index (χ4v) is 9.16. The first-order chi connectivity index (χ1) is 13.4. The normalized spacial score (nSPS) is 57.6. The number of hydrogen-bond acceptors (Lipinski definition) is 7. The smallest absolute Gasteiger partial charge is 0.317 e. The first-order valence-electron chi connectivity index (χ1n) is 10.4. The number of rotatable bonds is 0. The molecule has 0 amide bonds. The molecule has 5 saturated carbocycles. The molecular weight excluding hydrogens is 364 g/mol. The molecule has 7 heteroatoms. The molecule has 28 heavy (non-hydrogen) atoms. The molecule has 7 rings (SSSR count). The summed E-state index contributed by atoms with van der Waals surface area (Å²) in [5.74, 6) is -3.28. The highest BCUT2D eigenvalue weighted by molar-refractivity contribution is 6.02. The Bertz CT molecular complexity index is 850. The number of ether oxygens (including phenoxy) is 2. The van der Waals surface area contributed by atoms with Crippen molar-refractivity contribution in [2.75, 3.05) is 0 Å². The molecule has 0 aromatic heterocycles. The molecule has 0 aromatic carbocycles. The van der Waals surface area contributed by atoms with Gasteiger partial charge in [-0.1, -0.05) is 0 Å². The molecule has 5 aliphatic carbocycles. The van der Waals surface area contributed by atoms with Crippen molar-refractivity contribution in [3.8, 4) is 0 Å². The summed E-state index contributed by atoms with van der Waals surface area (Å²) >= 11 is 0. The third kappa shape index (κ3) is 1.40. The minimum Gasteiger partial charge on any atom is -0.393 e. The van der Waals surface area contributed by atoms with E-state index in [0.29, 0.717) is 12.8 Å².